The van der Waals surface area contributed by atoms with E-state index >= 15 is 0 Å². The number of fused-ring (bicyclic) bond motifs is 1. The van der Waals surface area contributed by atoms with Crippen LogP contribution in [-0.4, -0.2) is 16.0 Å². The molecule has 0 saturated carbocycles. The molecule has 1 N–H and O–H groups in total. The Morgan fingerprint density at radius 2 is 1.68 bits per heavy atom. The van der Waals surface area contributed by atoms with E-state index in [0.29, 0.717) is 22.3 Å². The molecule has 0 radical (unpaired) electrons. The summed E-state index contributed by atoms with van der Waals surface area (Å²) in [6.07, 6.45) is -5.44. The molecule has 37 heavy (non-hydrogen) atoms. The van der Waals surface area contributed by atoms with Crippen LogP contribution in [0.4, 0.5) is 18.9 Å². The van der Waals surface area contributed by atoms with Crippen molar-refractivity contribution in [3.63, 3.8) is 0 Å². The van der Waals surface area contributed by atoms with Gasteiger partial charge in [0, 0.05) is 18.1 Å². The number of hydrogen-bond acceptors (Lipinski definition) is 4. The Kier molecular flexibility index (Phi) is 7.15. The minimum Gasteiger partial charge on any atom is -0.481 e. The second-order valence-electron chi connectivity index (χ2n) is 8.58. The Balaban J connectivity index is 1.82. The van der Waals surface area contributed by atoms with Crippen molar-refractivity contribution in [3.05, 3.63) is 106 Å². The van der Waals surface area contributed by atoms with Crippen molar-refractivity contribution in [1.29, 1.82) is 0 Å². The third-order valence-corrected chi connectivity index (χ3v) is 6.02. The number of carbonyl (C=O) groups is 1. The van der Waals surface area contributed by atoms with Crippen LogP contribution in [0.15, 0.2) is 78.9 Å². The highest BCUT2D eigenvalue weighted by Crippen LogP contribution is 2.42. The summed E-state index contributed by atoms with van der Waals surface area (Å²) in [5, 5.41) is 23.0. The molecule has 1 unspecified atom stereocenters. The molecule has 6 nitrogen and oxygen atoms in total. The second-order valence-corrected chi connectivity index (χ2v) is 8.58. The van der Waals surface area contributed by atoms with Crippen LogP contribution in [0.1, 0.15) is 36.1 Å². The topological polar surface area (TPSA) is 89.7 Å². The van der Waals surface area contributed by atoms with Gasteiger partial charge < -0.3 is 9.84 Å². The molecular weight excluding hydrogens is 487 g/mol. The quantitative estimate of drug-likeness (QED) is 0.195. The largest absolute Gasteiger partial charge is 0.481 e. The van der Waals surface area contributed by atoms with Crippen LogP contribution < -0.4 is 4.74 Å². The van der Waals surface area contributed by atoms with Crippen LogP contribution in [0, 0.1) is 10.1 Å². The number of nitro benzene ring substituents is 1. The summed E-state index contributed by atoms with van der Waals surface area (Å²) in [4.78, 5) is 22.6. The third kappa shape index (κ3) is 5.88. The van der Waals surface area contributed by atoms with Gasteiger partial charge in [-0.15, -0.1) is 0 Å². The molecule has 4 aromatic rings. The zero-order chi connectivity index (χ0) is 26.7. The summed E-state index contributed by atoms with van der Waals surface area (Å²) in [5.74, 6) is -1.09. The van der Waals surface area contributed by atoms with Crippen molar-refractivity contribution in [2.24, 2.45) is 0 Å². The summed E-state index contributed by atoms with van der Waals surface area (Å²) in [6, 6.07) is 20.4. The van der Waals surface area contributed by atoms with E-state index in [2.05, 4.69) is 0 Å². The lowest BCUT2D eigenvalue weighted by molar-refractivity contribution is -0.386. The summed E-state index contributed by atoms with van der Waals surface area (Å²) < 4.78 is 45.0. The number of aryl methyl sites for hydroxylation is 1. The van der Waals surface area contributed by atoms with Crippen molar-refractivity contribution < 1.29 is 32.7 Å². The van der Waals surface area contributed by atoms with Gasteiger partial charge in [-0.25, -0.2) is 0 Å². The van der Waals surface area contributed by atoms with Crippen LogP contribution in [0.3, 0.4) is 0 Å². The molecule has 1 atom stereocenters. The zero-order valence-electron chi connectivity index (χ0n) is 19.7. The second kappa shape index (κ2) is 10.3. The van der Waals surface area contributed by atoms with Gasteiger partial charge in [0.05, 0.1) is 10.5 Å². The fraction of sp³-hybridized carbons (Fsp3) is 0.179. The van der Waals surface area contributed by atoms with Gasteiger partial charge in [0.25, 0.3) is 0 Å². The molecule has 9 heteroatoms. The number of halogens is 3. The van der Waals surface area contributed by atoms with E-state index in [9.17, 15) is 28.1 Å². The van der Waals surface area contributed by atoms with Crippen molar-refractivity contribution in [2.45, 2.75) is 32.0 Å². The number of nitrogens with zero attached hydrogens (tertiary/aromatic N) is 1. The molecule has 0 spiro atoms. The van der Waals surface area contributed by atoms with Crippen molar-refractivity contribution in [3.8, 4) is 16.9 Å². The summed E-state index contributed by atoms with van der Waals surface area (Å²) in [7, 11) is 0. The maximum atomic E-state index is 13.0. The molecular formula is C28H22F3NO5. The molecule has 0 aromatic heterocycles. The van der Waals surface area contributed by atoms with Gasteiger partial charge in [0.1, 0.15) is 6.10 Å². The lowest BCUT2D eigenvalue weighted by atomic mass is 9.96. The average Bonchev–Trinajstić information content (AvgIpc) is 2.86. The molecule has 4 aromatic carbocycles. The van der Waals surface area contributed by atoms with Gasteiger partial charge >= 0.3 is 17.8 Å². The van der Waals surface area contributed by atoms with Crippen LogP contribution >= 0.6 is 0 Å². The third-order valence-electron chi connectivity index (χ3n) is 6.02. The van der Waals surface area contributed by atoms with E-state index in [1.807, 2.05) is 36.4 Å². The zero-order valence-corrected chi connectivity index (χ0v) is 19.7. The predicted octanol–water partition coefficient (Wildman–Crippen LogP) is 7.59. The van der Waals surface area contributed by atoms with E-state index < -0.39 is 28.7 Å². The number of ether oxygens (including phenoxy) is 1. The number of carboxylic acids is 1. The number of alkyl halides is 3. The maximum Gasteiger partial charge on any atom is 0.416 e. The molecule has 0 bridgehead atoms. The number of nitro groups is 1. The molecule has 0 saturated heterocycles. The van der Waals surface area contributed by atoms with E-state index in [1.165, 1.54) is 18.2 Å². The Morgan fingerprint density at radius 3 is 2.30 bits per heavy atom. The van der Waals surface area contributed by atoms with E-state index in [0.717, 1.165) is 22.9 Å². The standard InChI is InChI=1S/C28H22F3NO5/c1-17(19-9-11-23(12-10-19)28(29,30)31)37-27-24(22-8-7-20-4-2-3-5-21(20)16-22)14-18(6-13-26(33)34)15-25(27)32(35)36/h2-5,7-12,14-17H,6,13H2,1H3,(H,33,34). The van der Waals surface area contributed by atoms with Crippen LogP contribution in [0.2, 0.25) is 0 Å². The highest BCUT2D eigenvalue weighted by Gasteiger charge is 2.30. The molecule has 0 aliphatic carbocycles. The van der Waals surface area contributed by atoms with Crippen LogP contribution in [0.5, 0.6) is 5.75 Å². The van der Waals surface area contributed by atoms with E-state index in [4.69, 9.17) is 9.84 Å². The monoisotopic (exact) mass is 509 g/mol. The first-order valence-electron chi connectivity index (χ1n) is 11.4. The number of hydrogen-bond donors (Lipinski definition) is 1. The lowest BCUT2D eigenvalue weighted by Gasteiger charge is -2.20. The molecule has 0 aliphatic heterocycles. The Labute approximate surface area is 210 Å². The number of carboxylic acid groups (broad SMARTS) is 1. The summed E-state index contributed by atoms with van der Waals surface area (Å²) in [6.45, 7) is 1.59. The predicted molar refractivity (Wildman–Crippen MR) is 132 cm³/mol. The average molecular weight is 509 g/mol. The molecule has 0 amide bonds. The normalized spacial score (nSPS) is 12.3. The Hall–Kier alpha value is -4.40. The highest BCUT2D eigenvalue weighted by molar-refractivity contribution is 5.89. The number of aliphatic carboxylic acids is 1. The molecule has 0 heterocycles. The van der Waals surface area contributed by atoms with Gasteiger partial charge in [-0.2, -0.15) is 13.2 Å². The molecule has 4 rings (SSSR count). The fourth-order valence-electron chi connectivity index (χ4n) is 4.09. The van der Waals surface area contributed by atoms with Crippen molar-refractivity contribution >= 4 is 22.4 Å². The van der Waals surface area contributed by atoms with Crippen LogP contribution in [-0.2, 0) is 17.4 Å². The minimum absolute atomic E-state index is 0.0493. The highest BCUT2D eigenvalue weighted by atomic mass is 19.4. The van der Waals surface area contributed by atoms with Crippen molar-refractivity contribution in [1.82, 2.24) is 0 Å². The van der Waals surface area contributed by atoms with Crippen molar-refractivity contribution in [2.75, 3.05) is 0 Å². The smallest absolute Gasteiger partial charge is 0.416 e. The van der Waals surface area contributed by atoms with Gasteiger partial charge in [-0.3, -0.25) is 14.9 Å². The molecule has 190 valence electrons. The van der Waals surface area contributed by atoms with Gasteiger partial charge in [0.2, 0.25) is 5.75 Å². The first-order valence-corrected chi connectivity index (χ1v) is 11.4. The summed E-state index contributed by atoms with van der Waals surface area (Å²) >= 11 is 0. The Morgan fingerprint density at radius 1 is 1.00 bits per heavy atom. The van der Waals surface area contributed by atoms with E-state index in [-0.39, 0.29) is 24.3 Å². The van der Waals surface area contributed by atoms with Gasteiger partial charge in [-0.05, 0) is 65.1 Å². The first kappa shape index (κ1) is 25.7. The lowest BCUT2D eigenvalue weighted by Crippen LogP contribution is -2.09. The summed E-state index contributed by atoms with van der Waals surface area (Å²) in [5.41, 5.74) is 0.695. The van der Waals surface area contributed by atoms with E-state index in [1.54, 1.807) is 19.1 Å². The Bertz CT molecular complexity index is 1470. The maximum absolute atomic E-state index is 13.0. The fourth-order valence-corrected chi connectivity index (χ4v) is 4.09. The van der Waals surface area contributed by atoms with Crippen LogP contribution in [0.25, 0.3) is 21.9 Å². The molecule has 0 aliphatic rings. The number of rotatable bonds is 8. The SMILES string of the molecule is CC(Oc1c(-c2ccc3ccccc3c2)cc(CCC(=O)O)cc1[N+](=O)[O-])c1ccc(C(F)(F)F)cc1. The van der Waals surface area contributed by atoms with Gasteiger partial charge in [-0.1, -0.05) is 48.5 Å². The minimum atomic E-state index is -4.49. The molecule has 0 fully saturated rings. The van der Waals surface area contributed by atoms with Gasteiger partial charge in [0.15, 0.2) is 0 Å². The first-order chi connectivity index (χ1) is 17.5. The number of benzene rings is 4.